The molecule has 30 heavy (non-hydrogen) atoms. The van der Waals surface area contributed by atoms with Crippen molar-refractivity contribution in [3.63, 3.8) is 0 Å². The lowest BCUT2D eigenvalue weighted by Gasteiger charge is -2.27. The third kappa shape index (κ3) is 3.41. The van der Waals surface area contributed by atoms with Crippen molar-refractivity contribution in [2.75, 3.05) is 11.4 Å². The molecule has 8 nitrogen and oxygen atoms in total. The number of nitrogens with zero attached hydrogens (tertiary/aromatic N) is 7. The van der Waals surface area contributed by atoms with E-state index in [1.165, 1.54) is 0 Å². The van der Waals surface area contributed by atoms with Crippen molar-refractivity contribution in [3.05, 3.63) is 71.3 Å². The molecule has 0 spiro atoms. The highest BCUT2D eigenvalue weighted by Gasteiger charge is 2.28. The van der Waals surface area contributed by atoms with Crippen LogP contribution >= 0.6 is 0 Å². The van der Waals surface area contributed by atoms with Gasteiger partial charge in [-0.25, -0.2) is 14.6 Å². The van der Waals surface area contributed by atoms with Crippen molar-refractivity contribution in [3.8, 4) is 11.3 Å². The highest BCUT2D eigenvalue weighted by Crippen LogP contribution is 2.30. The Balaban J connectivity index is 1.50. The molecule has 4 aromatic heterocycles. The molecule has 1 unspecified atom stereocenters. The maximum absolute atomic E-state index is 12.5. The van der Waals surface area contributed by atoms with Crippen LogP contribution in [0.15, 0.2) is 59.9 Å². The summed E-state index contributed by atoms with van der Waals surface area (Å²) in [5.74, 6) is 1.62. The van der Waals surface area contributed by atoms with Gasteiger partial charge in [0, 0.05) is 42.2 Å². The van der Waals surface area contributed by atoms with Gasteiger partial charge in [0.15, 0.2) is 0 Å². The van der Waals surface area contributed by atoms with Crippen LogP contribution in [-0.4, -0.2) is 42.3 Å². The summed E-state index contributed by atoms with van der Waals surface area (Å²) in [6, 6.07) is 9.21. The molecular weight excluding hydrogens is 378 g/mol. The minimum atomic E-state index is -0.104. The van der Waals surface area contributed by atoms with Gasteiger partial charge < -0.3 is 4.90 Å². The van der Waals surface area contributed by atoms with Gasteiger partial charge in [-0.15, -0.1) is 0 Å². The maximum atomic E-state index is 12.5. The second-order valence-corrected chi connectivity index (χ2v) is 7.45. The Morgan fingerprint density at radius 3 is 2.73 bits per heavy atom. The molecule has 8 heteroatoms. The topological polar surface area (TPSA) is 89.7 Å². The van der Waals surface area contributed by atoms with Crippen LogP contribution in [0.25, 0.3) is 22.2 Å². The van der Waals surface area contributed by atoms with Crippen LogP contribution in [0.1, 0.15) is 18.7 Å². The number of pyridine rings is 2. The predicted molar refractivity (Wildman–Crippen MR) is 114 cm³/mol. The van der Waals surface area contributed by atoms with E-state index in [9.17, 15) is 4.79 Å². The first kappa shape index (κ1) is 18.4. The first-order chi connectivity index (χ1) is 14.7. The lowest BCUT2D eigenvalue weighted by atomic mass is 10.2. The van der Waals surface area contributed by atoms with Crippen LogP contribution in [-0.2, 0) is 6.54 Å². The fourth-order valence-electron chi connectivity index (χ4n) is 4.06. The van der Waals surface area contributed by atoms with Crippen LogP contribution in [0.2, 0.25) is 0 Å². The highest BCUT2D eigenvalue weighted by atomic mass is 16.1. The van der Waals surface area contributed by atoms with Crippen LogP contribution < -0.4 is 10.5 Å². The minimum absolute atomic E-state index is 0.104. The number of aromatic nitrogens is 6. The fourth-order valence-corrected chi connectivity index (χ4v) is 4.06. The lowest BCUT2D eigenvalue weighted by Crippen LogP contribution is -2.37. The van der Waals surface area contributed by atoms with E-state index in [1.807, 2.05) is 25.1 Å². The molecule has 5 rings (SSSR count). The summed E-state index contributed by atoms with van der Waals surface area (Å²) >= 11 is 0. The zero-order chi connectivity index (χ0) is 20.5. The molecule has 0 aromatic carbocycles. The largest absolute Gasteiger partial charge is 0.351 e. The van der Waals surface area contributed by atoms with Crippen LogP contribution in [0.3, 0.4) is 0 Å². The number of hydrogen-bond acceptors (Lipinski definition) is 7. The van der Waals surface area contributed by atoms with Gasteiger partial charge in [0.25, 0.3) is 5.56 Å². The van der Waals surface area contributed by atoms with Crippen LogP contribution in [0, 0.1) is 6.92 Å². The van der Waals surface area contributed by atoms with Crippen molar-refractivity contribution in [2.45, 2.75) is 32.4 Å². The van der Waals surface area contributed by atoms with Gasteiger partial charge in [0.2, 0.25) is 0 Å². The Kier molecular flexibility index (Phi) is 4.66. The van der Waals surface area contributed by atoms with Gasteiger partial charge >= 0.3 is 0 Å². The molecule has 1 aliphatic heterocycles. The quantitative estimate of drug-likeness (QED) is 0.521. The SMILES string of the molecule is Cc1nc(N2CCCC2Cn2nc(-c3ccncc3)ccc2=O)c2ccncc2n1. The second kappa shape index (κ2) is 7.62. The standard InChI is InChI=1S/C22H21N7O/c1-15-25-20-13-24-11-8-18(20)22(26-15)28-12-2-3-17(28)14-29-21(30)5-4-19(27-29)16-6-9-23-10-7-16/h4-11,13,17H,2-3,12,14H2,1H3. The third-order valence-corrected chi connectivity index (χ3v) is 5.47. The molecule has 0 saturated carbocycles. The first-order valence-electron chi connectivity index (χ1n) is 10.0. The Bertz CT molecular complexity index is 1260. The Morgan fingerprint density at radius 1 is 1.03 bits per heavy atom. The lowest BCUT2D eigenvalue weighted by molar-refractivity contribution is 0.489. The van der Waals surface area contributed by atoms with Gasteiger partial charge in [0.05, 0.1) is 30.0 Å². The molecule has 150 valence electrons. The smallest absolute Gasteiger partial charge is 0.266 e. The molecule has 0 bridgehead atoms. The van der Waals surface area contributed by atoms with E-state index in [1.54, 1.807) is 41.6 Å². The van der Waals surface area contributed by atoms with Gasteiger partial charge in [-0.2, -0.15) is 5.10 Å². The molecule has 0 N–H and O–H groups in total. The molecule has 4 aromatic rings. The van der Waals surface area contributed by atoms with Crippen LogP contribution in [0.5, 0.6) is 0 Å². The monoisotopic (exact) mass is 399 g/mol. The molecule has 1 fully saturated rings. The van der Waals surface area contributed by atoms with E-state index in [2.05, 4.69) is 25.0 Å². The summed E-state index contributed by atoms with van der Waals surface area (Å²) in [5.41, 5.74) is 2.43. The highest BCUT2D eigenvalue weighted by molar-refractivity contribution is 5.89. The number of rotatable bonds is 4. The van der Waals surface area contributed by atoms with E-state index in [0.717, 1.165) is 47.4 Å². The first-order valence-corrected chi connectivity index (χ1v) is 10.0. The summed E-state index contributed by atoms with van der Waals surface area (Å²) < 4.78 is 1.57. The van der Waals surface area contributed by atoms with E-state index in [0.29, 0.717) is 12.4 Å². The van der Waals surface area contributed by atoms with E-state index in [-0.39, 0.29) is 11.6 Å². The zero-order valence-electron chi connectivity index (χ0n) is 16.6. The molecule has 0 radical (unpaired) electrons. The van der Waals surface area contributed by atoms with Crippen molar-refractivity contribution < 1.29 is 0 Å². The summed E-state index contributed by atoms with van der Waals surface area (Å²) in [7, 11) is 0. The van der Waals surface area contributed by atoms with E-state index >= 15 is 0 Å². The maximum Gasteiger partial charge on any atom is 0.266 e. The Hall–Kier alpha value is -3.68. The summed E-state index contributed by atoms with van der Waals surface area (Å²) in [5, 5.41) is 5.60. The van der Waals surface area contributed by atoms with Gasteiger partial charge in [-0.05, 0) is 44.0 Å². The molecule has 5 heterocycles. The Morgan fingerprint density at radius 2 is 1.87 bits per heavy atom. The molecule has 0 aliphatic carbocycles. The zero-order valence-corrected chi connectivity index (χ0v) is 16.6. The van der Waals surface area contributed by atoms with Crippen LogP contribution in [0.4, 0.5) is 5.82 Å². The molecule has 1 saturated heterocycles. The van der Waals surface area contributed by atoms with E-state index < -0.39 is 0 Å². The summed E-state index contributed by atoms with van der Waals surface area (Å²) in [4.78, 5) is 32.3. The van der Waals surface area contributed by atoms with Crippen molar-refractivity contribution >= 4 is 16.7 Å². The number of fused-ring (bicyclic) bond motifs is 1. The molecule has 1 aliphatic rings. The normalized spacial score (nSPS) is 16.3. The van der Waals surface area contributed by atoms with Crippen molar-refractivity contribution in [1.82, 2.24) is 29.7 Å². The van der Waals surface area contributed by atoms with Gasteiger partial charge in [-0.3, -0.25) is 14.8 Å². The number of anilines is 1. The van der Waals surface area contributed by atoms with Crippen molar-refractivity contribution in [2.24, 2.45) is 0 Å². The van der Waals surface area contributed by atoms with Gasteiger partial charge in [-0.1, -0.05) is 0 Å². The van der Waals surface area contributed by atoms with E-state index in [4.69, 9.17) is 4.98 Å². The molecule has 1 atom stereocenters. The summed E-state index contributed by atoms with van der Waals surface area (Å²) in [6.07, 6.45) is 9.00. The fraction of sp³-hybridized carbons (Fsp3) is 0.273. The predicted octanol–water partition coefficient (Wildman–Crippen LogP) is 2.62. The van der Waals surface area contributed by atoms with Crippen molar-refractivity contribution in [1.29, 1.82) is 0 Å². The average molecular weight is 399 g/mol. The third-order valence-electron chi connectivity index (χ3n) is 5.47. The summed E-state index contributed by atoms with van der Waals surface area (Å²) in [6.45, 7) is 3.29. The number of hydrogen-bond donors (Lipinski definition) is 0. The van der Waals surface area contributed by atoms with Gasteiger partial charge in [0.1, 0.15) is 11.6 Å². The molecule has 0 amide bonds. The average Bonchev–Trinajstić information content (AvgIpc) is 3.23. The Labute approximate surface area is 173 Å². The minimum Gasteiger partial charge on any atom is -0.351 e. The molecular formula is C22H21N7O. The number of aryl methyl sites for hydroxylation is 1. The second-order valence-electron chi connectivity index (χ2n) is 7.45.